The van der Waals surface area contributed by atoms with Gasteiger partial charge in [0.05, 0.1) is 10.4 Å². The number of nitrogens with one attached hydrogen (secondary N) is 1. The molecule has 1 N–H and O–H groups in total. The molecular weight excluding hydrogens is 275 g/mol. The minimum atomic E-state index is -4.42. The molecule has 2 rings (SSSR count). The summed E-state index contributed by atoms with van der Waals surface area (Å²) in [6.45, 7) is 1.85. The van der Waals surface area contributed by atoms with Gasteiger partial charge in [0.15, 0.2) is 0 Å². The number of hydrogen-bond acceptors (Lipinski definition) is 2. The highest BCUT2D eigenvalue weighted by Gasteiger charge is 2.30. The molecule has 2 aromatic rings. The van der Waals surface area contributed by atoms with Gasteiger partial charge in [-0.25, -0.2) is 0 Å². The van der Waals surface area contributed by atoms with Gasteiger partial charge in [0, 0.05) is 10.6 Å². The van der Waals surface area contributed by atoms with Crippen molar-refractivity contribution < 1.29 is 18.0 Å². The van der Waals surface area contributed by atoms with Crippen molar-refractivity contribution in [2.24, 2.45) is 0 Å². The Morgan fingerprint density at radius 1 is 1.21 bits per heavy atom. The lowest BCUT2D eigenvalue weighted by atomic mass is 10.2. The molecule has 0 spiro atoms. The van der Waals surface area contributed by atoms with Crippen LogP contribution in [0.4, 0.5) is 18.9 Å². The van der Waals surface area contributed by atoms with Gasteiger partial charge in [0.25, 0.3) is 5.91 Å². The molecule has 0 saturated heterocycles. The number of hydrogen-bond donors (Lipinski definition) is 1. The minimum Gasteiger partial charge on any atom is -0.321 e. The number of carbonyl (C=O) groups excluding carboxylic acids is 1. The molecule has 2 nitrogen and oxygen atoms in total. The smallest absolute Gasteiger partial charge is 0.321 e. The predicted octanol–water partition coefficient (Wildman–Crippen LogP) is 4.33. The predicted molar refractivity (Wildman–Crippen MR) is 68.5 cm³/mol. The van der Waals surface area contributed by atoms with Crippen LogP contribution in [-0.2, 0) is 6.18 Å². The lowest BCUT2D eigenvalue weighted by Crippen LogP contribution is -2.11. The van der Waals surface area contributed by atoms with Crippen molar-refractivity contribution in [2.75, 3.05) is 5.32 Å². The molecule has 0 radical (unpaired) electrons. The van der Waals surface area contributed by atoms with Crippen LogP contribution < -0.4 is 5.32 Å². The molecule has 0 saturated carbocycles. The first-order chi connectivity index (χ1) is 8.86. The topological polar surface area (TPSA) is 29.1 Å². The van der Waals surface area contributed by atoms with Crippen LogP contribution in [0.2, 0.25) is 0 Å². The minimum absolute atomic E-state index is 0.130. The van der Waals surface area contributed by atoms with Crippen molar-refractivity contribution in [2.45, 2.75) is 13.1 Å². The van der Waals surface area contributed by atoms with Crippen LogP contribution in [0.5, 0.6) is 0 Å². The summed E-state index contributed by atoms with van der Waals surface area (Å²) in [5.41, 5.74) is -0.654. The molecule has 0 aliphatic heterocycles. The average Bonchev–Trinajstić information content (AvgIpc) is 2.75. The molecule has 1 aromatic heterocycles. The third kappa shape index (κ3) is 3.35. The first-order valence-corrected chi connectivity index (χ1v) is 6.23. The van der Waals surface area contributed by atoms with E-state index in [0.29, 0.717) is 4.88 Å². The third-order valence-corrected chi connectivity index (χ3v) is 3.41. The van der Waals surface area contributed by atoms with Gasteiger partial charge in [0.2, 0.25) is 0 Å². The highest BCUT2D eigenvalue weighted by atomic mass is 32.1. The van der Waals surface area contributed by atoms with E-state index in [1.165, 1.54) is 23.5 Å². The number of benzene rings is 1. The maximum Gasteiger partial charge on any atom is 0.416 e. The largest absolute Gasteiger partial charge is 0.416 e. The highest BCUT2D eigenvalue weighted by molar-refractivity contribution is 7.14. The van der Waals surface area contributed by atoms with Crippen LogP contribution >= 0.6 is 11.3 Å². The number of carbonyl (C=O) groups is 1. The van der Waals surface area contributed by atoms with Crippen LogP contribution in [0.25, 0.3) is 0 Å². The SMILES string of the molecule is Cc1ccc(C(=O)Nc2cccc(C(F)(F)F)c2)s1. The van der Waals surface area contributed by atoms with E-state index in [-0.39, 0.29) is 5.69 Å². The number of anilines is 1. The van der Waals surface area contributed by atoms with E-state index in [4.69, 9.17) is 0 Å². The van der Waals surface area contributed by atoms with Gasteiger partial charge in [0.1, 0.15) is 0 Å². The fourth-order valence-corrected chi connectivity index (χ4v) is 2.29. The highest BCUT2D eigenvalue weighted by Crippen LogP contribution is 2.30. The first-order valence-electron chi connectivity index (χ1n) is 5.41. The number of amides is 1. The summed E-state index contributed by atoms with van der Waals surface area (Å²) < 4.78 is 37.6. The Bertz CT molecular complexity index is 604. The van der Waals surface area contributed by atoms with E-state index < -0.39 is 17.6 Å². The molecule has 6 heteroatoms. The van der Waals surface area contributed by atoms with Crippen molar-refractivity contribution in [1.29, 1.82) is 0 Å². The van der Waals surface area contributed by atoms with Crippen molar-refractivity contribution in [3.05, 3.63) is 51.7 Å². The maximum absolute atomic E-state index is 12.5. The Morgan fingerprint density at radius 2 is 1.95 bits per heavy atom. The van der Waals surface area contributed by atoms with Gasteiger partial charge in [-0.05, 0) is 37.3 Å². The number of aryl methyl sites for hydroxylation is 1. The van der Waals surface area contributed by atoms with Gasteiger partial charge >= 0.3 is 6.18 Å². The standard InChI is InChI=1S/C13H10F3NOS/c1-8-5-6-11(19-8)12(18)17-10-4-2-3-9(7-10)13(14,15)16/h2-7H,1H3,(H,17,18). The van der Waals surface area contributed by atoms with Crippen LogP contribution in [0.1, 0.15) is 20.1 Å². The fourth-order valence-electron chi connectivity index (χ4n) is 1.52. The van der Waals surface area contributed by atoms with Gasteiger partial charge < -0.3 is 5.32 Å². The second-order valence-electron chi connectivity index (χ2n) is 3.94. The fraction of sp³-hybridized carbons (Fsp3) is 0.154. The molecule has 0 aliphatic carbocycles. The average molecular weight is 285 g/mol. The third-order valence-electron chi connectivity index (χ3n) is 2.41. The molecule has 1 aromatic carbocycles. The van der Waals surface area contributed by atoms with E-state index in [9.17, 15) is 18.0 Å². The van der Waals surface area contributed by atoms with Gasteiger partial charge in [-0.15, -0.1) is 11.3 Å². The first kappa shape index (κ1) is 13.6. The second kappa shape index (κ2) is 5.05. The monoisotopic (exact) mass is 285 g/mol. The van der Waals surface area contributed by atoms with Gasteiger partial charge in [-0.2, -0.15) is 13.2 Å². The van der Waals surface area contributed by atoms with E-state index in [1.807, 2.05) is 6.92 Å². The van der Waals surface area contributed by atoms with Gasteiger partial charge in [-0.1, -0.05) is 6.07 Å². The Balaban J connectivity index is 2.18. The summed E-state index contributed by atoms with van der Waals surface area (Å²) >= 11 is 1.29. The Kier molecular flexibility index (Phi) is 3.61. The lowest BCUT2D eigenvalue weighted by Gasteiger charge is -2.09. The molecule has 19 heavy (non-hydrogen) atoms. The number of rotatable bonds is 2. The Hall–Kier alpha value is -1.82. The zero-order valence-electron chi connectivity index (χ0n) is 9.91. The zero-order chi connectivity index (χ0) is 14.0. The normalized spacial score (nSPS) is 11.4. The van der Waals surface area contributed by atoms with Crippen molar-refractivity contribution in [3.63, 3.8) is 0 Å². The second-order valence-corrected chi connectivity index (χ2v) is 5.23. The molecule has 0 atom stereocenters. The van der Waals surface area contributed by atoms with Crippen LogP contribution in [0, 0.1) is 6.92 Å². The van der Waals surface area contributed by atoms with E-state index in [2.05, 4.69) is 5.32 Å². The molecule has 0 aliphatic rings. The molecule has 0 bridgehead atoms. The molecule has 100 valence electrons. The van der Waals surface area contributed by atoms with Crippen LogP contribution in [0.15, 0.2) is 36.4 Å². The van der Waals surface area contributed by atoms with Crippen molar-refractivity contribution in [1.82, 2.24) is 0 Å². The summed E-state index contributed by atoms with van der Waals surface area (Å²) in [6, 6.07) is 7.99. The maximum atomic E-state index is 12.5. The summed E-state index contributed by atoms with van der Waals surface area (Å²) in [7, 11) is 0. The molecule has 0 unspecified atom stereocenters. The van der Waals surface area contributed by atoms with Gasteiger partial charge in [-0.3, -0.25) is 4.79 Å². The molecule has 1 heterocycles. The molecule has 0 fully saturated rings. The molecule has 1 amide bonds. The Labute approximate surface area is 111 Å². The van der Waals surface area contributed by atoms with E-state index in [0.717, 1.165) is 17.0 Å². The van der Waals surface area contributed by atoms with Crippen molar-refractivity contribution in [3.8, 4) is 0 Å². The number of alkyl halides is 3. The number of halogens is 3. The van der Waals surface area contributed by atoms with E-state index >= 15 is 0 Å². The molecular formula is C13H10F3NOS. The van der Waals surface area contributed by atoms with Crippen molar-refractivity contribution >= 4 is 22.9 Å². The summed E-state index contributed by atoms with van der Waals surface area (Å²) in [6.07, 6.45) is -4.42. The summed E-state index contributed by atoms with van der Waals surface area (Å²) in [5, 5.41) is 2.46. The summed E-state index contributed by atoms with van der Waals surface area (Å²) in [4.78, 5) is 13.2. The van der Waals surface area contributed by atoms with Crippen LogP contribution in [0.3, 0.4) is 0 Å². The summed E-state index contributed by atoms with van der Waals surface area (Å²) in [5.74, 6) is -0.405. The Morgan fingerprint density at radius 3 is 2.53 bits per heavy atom. The van der Waals surface area contributed by atoms with E-state index in [1.54, 1.807) is 12.1 Å². The lowest BCUT2D eigenvalue weighted by molar-refractivity contribution is -0.137. The quantitative estimate of drug-likeness (QED) is 0.874. The van der Waals surface area contributed by atoms with Crippen LogP contribution in [-0.4, -0.2) is 5.91 Å². The number of thiophene rings is 1. The zero-order valence-corrected chi connectivity index (χ0v) is 10.7.